The van der Waals surface area contributed by atoms with Gasteiger partial charge in [-0.3, -0.25) is 0 Å². The molecular weight excluding hydrogens is 1300 g/mol. The predicted molar refractivity (Wildman–Crippen MR) is 36.0 cm³/mol. The van der Waals surface area contributed by atoms with E-state index in [0.717, 1.165) is 0 Å². The van der Waals surface area contributed by atoms with Crippen LogP contribution in [0.5, 0.6) is 0 Å². The minimum atomic E-state index is -1.57. The average molecular weight is 1320 g/mol. The van der Waals surface area contributed by atoms with Crippen molar-refractivity contribution in [2.24, 2.45) is 0 Å². The van der Waals surface area contributed by atoms with Gasteiger partial charge < -0.3 is 30.3 Å². The zero-order chi connectivity index (χ0) is 9.30. The molecule has 0 aliphatic carbocycles. The molecule has 5 N–H and O–H groups in total. The summed E-state index contributed by atoms with van der Waals surface area (Å²) in [4.78, 5) is 0. The number of ether oxygens (including phenoxy) is 1. The van der Waals surface area contributed by atoms with Crippen molar-refractivity contribution in [3.8, 4) is 0 Å². The van der Waals surface area contributed by atoms with E-state index in [9.17, 15) is 0 Å². The van der Waals surface area contributed by atoms with Crippen LogP contribution in [-0.2, 0) is 4.74 Å². The fourth-order valence-corrected chi connectivity index (χ4v) is 1.08. The smallest absolute Gasteiger partial charge is 0.184 e. The Balaban J connectivity index is -0.0000000960. The zero-order valence-electron chi connectivity index (χ0n) is 9.12. The van der Waals surface area contributed by atoms with E-state index in [0.29, 0.717) is 0 Å². The molecule has 1 aliphatic rings. The van der Waals surface area contributed by atoms with Gasteiger partial charge in [0.05, 0.1) is 6.61 Å². The first-order valence-electron chi connectivity index (χ1n) is 3.56. The van der Waals surface area contributed by atoms with Gasteiger partial charge in [0.2, 0.25) is 0 Å². The third-order valence-electron chi connectivity index (χ3n) is 1.87. The van der Waals surface area contributed by atoms with Crippen LogP contribution in [0.2, 0.25) is 0 Å². The predicted octanol–water partition coefficient (Wildman–Crippen LogP) is -3.22. The summed E-state index contributed by atoms with van der Waals surface area (Å²) in [6, 6.07) is 0. The number of rotatable bonds is 1. The molecule has 1 fully saturated rings. The Labute approximate surface area is 279 Å². The van der Waals surface area contributed by atoms with Gasteiger partial charge in [-0.05, 0) is 0 Å². The fraction of sp³-hybridized carbons (Fsp3) is 1.00. The Morgan fingerprint density at radius 1 is 0.706 bits per heavy atom. The van der Waals surface area contributed by atoms with Gasteiger partial charge in [0.15, 0.2) is 6.29 Å². The third kappa shape index (κ3) is 12.0. The Bertz CT molecular complexity index is 161. The minimum absolute atomic E-state index is 0. The zero-order valence-corrected chi connectivity index (χ0v) is 32.9. The molecule has 1 saturated heterocycles. The molecular formula is C6H12Ac5O6. The van der Waals surface area contributed by atoms with Gasteiger partial charge in [-0.15, -0.1) is 0 Å². The summed E-state index contributed by atoms with van der Waals surface area (Å²) in [5.41, 5.74) is 0. The number of hydrogen-bond donors (Lipinski definition) is 5. The van der Waals surface area contributed by atoms with Crippen molar-refractivity contribution in [2.75, 3.05) is 6.61 Å². The Kier molecular flexibility index (Phi) is 39.9. The van der Waals surface area contributed by atoms with Gasteiger partial charge >= 0.3 is 0 Å². The molecule has 0 aromatic carbocycles. The van der Waals surface area contributed by atoms with Crippen molar-refractivity contribution in [3.63, 3.8) is 0 Å². The monoisotopic (exact) mass is 1320 g/mol. The Hall–Kier alpha value is 6.97. The molecule has 1 rings (SSSR count). The van der Waals surface area contributed by atoms with E-state index in [4.69, 9.17) is 25.5 Å². The number of aliphatic hydroxyl groups excluding tert-OH is 5. The molecule has 17 heavy (non-hydrogen) atoms. The summed E-state index contributed by atoms with van der Waals surface area (Å²) < 4.78 is 4.58. The summed E-state index contributed by atoms with van der Waals surface area (Å²) in [7, 11) is 0. The molecule has 0 spiro atoms. The molecule has 5 unspecified atom stereocenters. The van der Waals surface area contributed by atoms with E-state index in [-0.39, 0.29) is 220 Å². The molecule has 5 atom stereocenters. The summed E-state index contributed by atoms with van der Waals surface area (Å²) >= 11 is 0. The third-order valence-corrected chi connectivity index (χ3v) is 1.87. The van der Waals surface area contributed by atoms with Crippen molar-refractivity contribution in [1.82, 2.24) is 0 Å². The van der Waals surface area contributed by atoms with Crippen LogP contribution in [-0.4, -0.2) is 62.8 Å². The maximum Gasteiger partial charge on any atom is 0.184 e. The minimum Gasteiger partial charge on any atom is -0.394 e. The van der Waals surface area contributed by atoms with Crippen molar-refractivity contribution in [1.29, 1.82) is 0 Å². The maximum atomic E-state index is 9.12. The second kappa shape index (κ2) is 19.3. The van der Waals surface area contributed by atoms with E-state index in [1.165, 1.54) is 0 Å². The van der Waals surface area contributed by atoms with Crippen LogP contribution in [0.25, 0.3) is 0 Å². The van der Waals surface area contributed by atoms with Gasteiger partial charge in [-0.2, -0.15) is 0 Å². The van der Waals surface area contributed by atoms with E-state index >= 15 is 0 Å². The molecule has 0 aromatic heterocycles. The van der Waals surface area contributed by atoms with Crippen molar-refractivity contribution in [2.45, 2.75) is 30.7 Å². The molecule has 5 radical (unpaired) electrons. The molecule has 6 nitrogen and oxygen atoms in total. The summed E-state index contributed by atoms with van der Waals surface area (Å²) in [5.74, 6) is 0. The van der Waals surface area contributed by atoms with E-state index in [1.54, 1.807) is 0 Å². The van der Waals surface area contributed by atoms with E-state index in [1.807, 2.05) is 0 Å². The first-order chi connectivity index (χ1) is 5.57. The van der Waals surface area contributed by atoms with Gasteiger partial charge in [0, 0.05) is 220 Å². The van der Waals surface area contributed by atoms with Crippen molar-refractivity contribution < 1.29 is 251 Å². The van der Waals surface area contributed by atoms with E-state index in [2.05, 4.69) is 4.74 Å². The van der Waals surface area contributed by atoms with Crippen LogP contribution in [0.4, 0.5) is 0 Å². The van der Waals surface area contributed by atoms with Gasteiger partial charge in [0.25, 0.3) is 0 Å². The van der Waals surface area contributed by atoms with Gasteiger partial charge in [-0.25, -0.2) is 0 Å². The van der Waals surface area contributed by atoms with Gasteiger partial charge in [-0.1, -0.05) is 0 Å². The van der Waals surface area contributed by atoms with Crippen LogP contribution < -0.4 is 0 Å². The summed E-state index contributed by atoms with van der Waals surface area (Å²) in [6.07, 6.45) is -7.04. The second-order valence-corrected chi connectivity index (χ2v) is 2.72. The standard InChI is InChI=1S/C6H12O6.5Ac/c7-1-2-3(8)4(9)5(10)6(11)12-2;;;;;/h2-11H,1H2;;;;;. The largest absolute Gasteiger partial charge is 0.394 e. The summed E-state index contributed by atoms with van der Waals surface area (Å²) in [6.45, 7) is -0.526. The van der Waals surface area contributed by atoms with Crippen LogP contribution >= 0.6 is 0 Å². The average Bonchev–Trinajstić information content (AvgIpc) is 2.08. The maximum absolute atomic E-state index is 9.12. The number of aliphatic hydroxyl groups is 5. The molecule has 0 aromatic rings. The molecule has 87 valence electrons. The van der Waals surface area contributed by atoms with Crippen LogP contribution in [0.15, 0.2) is 0 Å². The van der Waals surface area contributed by atoms with Crippen molar-refractivity contribution >= 4 is 0 Å². The van der Waals surface area contributed by atoms with Crippen molar-refractivity contribution in [3.05, 3.63) is 0 Å². The van der Waals surface area contributed by atoms with Crippen LogP contribution in [0.1, 0.15) is 0 Å². The quantitative estimate of drug-likeness (QED) is 0.190. The fourth-order valence-electron chi connectivity index (χ4n) is 1.08. The summed E-state index contributed by atoms with van der Waals surface area (Å²) in [5, 5.41) is 44.7. The topological polar surface area (TPSA) is 110 Å². The normalized spacial score (nSPS) is 34.8. The second-order valence-electron chi connectivity index (χ2n) is 2.72. The van der Waals surface area contributed by atoms with E-state index < -0.39 is 37.3 Å². The van der Waals surface area contributed by atoms with Gasteiger partial charge in [0.1, 0.15) is 24.4 Å². The molecule has 0 amide bonds. The molecule has 1 heterocycles. The Morgan fingerprint density at radius 2 is 1.12 bits per heavy atom. The van der Waals surface area contributed by atoms with Crippen LogP contribution in [0, 0.1) is 220 Å². The SMILES string of the molecule is OCC1OC(O)C(O)C(O)C1O.[Ac].[Ac].[Ac].[Ac].[Ac]. The molecule has 1 aliphatic heterocycles. The first-order valence-corrected chi connectivity index (χ1v) is 3.56. The molecule has 0 saturated carbocycles. The molecule has 11 heteroatoms. The Morgan fingerprint density at radius 3 is 1.47 bits per heavy atom. The molecule has 0 bridgehead atoms. The number of hydrogen-bond acceptors (Lipinski definition) is 6. The van der Waals surface area contributed by atoms with Crippen LogP contribution in [0.3, 0.4) is 0 Å². The first kappa shape index (κ1) is 35.1.